The molecule has 0 bridgehead atoms. The highest BCUT2D eigenvalue weighted by molar-refractivity contribution is 6.55. The fraction of sp³-hybridized carbons (Fsp3) is 0.467. The summed E-state index contributed by atoms with van der Waals surface area (Å²) in [7, 11) is -0.411. The lowest BCUT2D eigenvalue weighted by atomic mass is 9.77. The van der Waals surface area contributed by atoms with Crippen LogP contribution in [0.4, 0.5) is 5.69 Å². The first-order valence-electron chi connectivity index (χ1n) is 6.87. The van der Waals surface area contributed by atoms with Gasteiger partial charge < -0.3 is 20.8 Å². The molecular formula is C15H23BN2O2. The Hall–Kier alpha value is -1.30. The Morgan fingerprint density at radius 3 is 2.30 bits per heavy atom. The van der Waals surface area contributed by atoms with Crippen molar-refractivity contribution in [1.82, 2.24) is 0 Å². The van der Waals surface area contributed by atoms with Gasteiger partial charge in [-0.25, -0.2) is 0 Å². The summed E-state index contributed by atoms with van der Waals surface area (Å²) in [6.07, 6.45) is 1.98. The topological polar surface area (TPSA) is 70.5 Å². The Morgan fingerprint density at radius 1 is 1.20 bits per heavy atom. The van der Waals surface area contributed by atoms with Crippen molar-refractivity contribution < 1.29 is 9.31 Å². The molecule has 2 rings (SSSR count). The zero-order valence-corrected chi connectivity index (χ0v) is 12.6. The molecule has 0 spiro atoms. The summed E-state index contributed by atoms with van der Waals surface area (Å²) in [6, 6.07) is 7.66. The first-order valence-corrected chi connectivity index (χ1v) is 6.87. The van der Waals surface area contributed by atoms with E-state index in [-0.39, 0.29) is 11.2 Å². The van der Waals surface area contributed by atoms with Crippen LogP contribution in [0.25, 0.3) is 6.08 Å². The molecule has 5 heteroatoms. The van der Waals surface area contributed by atoms with Crippen LogP contribution < -0.4 is 11.5 Å². The van der Waals surface area contributed by atoms with Crippen LogP contribution in [0.15, 0.2) is 29.7 Å². The minimum atomic E-state index is -0.411. The Bertz CT molecular complexity index is 510. The lowest BCUT2D eigenvalue weighted by Crippen LogP contribution is -2.41. The number of rotatable bonds is 3. The van der Waals surface area contributed by atoms with Crippen LogP contribution in [0.3, 0.4) is 0 Å². The summed E-state index contributed by atoms with van der Waals surface area (Å²) in [5.74, 6) is 0. The van der Waals surface area contributed by atoms with Crippen molar-refractivity contribution in [2.75, 3.05) is 12.3 Å². The molecule has 1 aliphatic heterocycles. The van der Waals surface area contributed by atoms with E-state index < -0.39 is 7.12 Å². The molecule has 0 atom stereocenters. The Morgan fingerprint density at radius 2 is 1.80 bits per heavy atom. The molecule has 0 aromatic heterocycles. The summed E-state index contributed by atoms with van der Waals surface area (Å²) in [5.41, 5.74) is 13.6. The van der Waals surface area contributed by atoms with Crippen LogP contribution in [-0.2, 0) is 9.31 Å². The van der Waals surface area contributed by atoms with Gasteiger partial charge in [0.05, 0.1) is 11.2 Å². The third kappa shape index (κ3) is 2.90. The quantitative estimate of drug-likeness (QED) is 0.655. The number of benzene rings is 1. The van der Waals surface area contributed by atoms with E-state index in [0.29, 0.717) is 6.54 Å². The van der Waals surface area contributed by atoms with Gasteiger partial charge >= 0.3 is 7.12 Å². The molecule has 1 aromatic carbocycles. The van der Waals surface area contributed by atoms with Crippen molar-refractivity contribution in [3.05, 3.63) is 35.3 Å². The Balaban J connectivity index is 2.26. The van der Waals surface area contributed by atoms with Gasteiger partial charge in [0.15, 0.2) is 0 Å². The predicted octanol–water partition coefficient (Wildman–Crippen LogP) is 2.24. The molecule has 1 aromatic rings. The van der Waals surface area contributed by atoms with Crippen LogP contribution in [0.1, 0.15) is 33.3 Å². The maximum absolute atomic E-state index is 6.02. The SMILES string of the molecule is CC1(C)OB(C(=Cc2cccc(N)c2)CN)OC1(C)C. The van der Waals surface area contributed by atoms with Gasteiger partial charge in [-0.05, 0) is 50.9 Å². The molecule has 1 fully saturated rings. The fourth-order valence-electron chi connectivity index (χ4n) is 2.08. The van der Waals surface area contributed by atoms with Gasteiger partial charge in [-0.1, -0.05) is 18.2 Å². The summed E-state index contributed by atoms with van der Waals surface area (Å²) >= 11 is 0. The molecule has 0 aliphatic carbocycles. The molecule has 0 radical (unpaired) electrons. The molecule has 108 valence electrons. The maximum Gasteiger partial charge on any atom is 0.491 e. The smallest absolute Gasteiger partial charge is 0.400 e. The third-order valence-corrected chi connectivity index (χ3v) is 4.05. The van der Waals surface area contributed by atoms with Crippen molar-refractivity contribution in [2.45, 2.75) is 38.9 Å². The van der Waals surface area contributed by atoms with Gasteiger partial charge in [0.25, 0.3) is 0 Å². The highest BCUT2D eigenvalue weighted by Gasteiger charge is 2.52. The molecule has 4 nitrogen and oxygen atoms in total. The number of hydrogen-bond acceptors (Lipinski definition) is 4. The van der Waals surface area contributed by atoms with E-state index in [0.717, 1.165) is 16.7 Å². The third-order valence-electron chi connectivity index (χ3n) is 4.05. The van der Waals surface area contributed by atoms with E-state index in [2.05, 4.69) is 0 Å². The zero-order chi connectivity index (χ0) is 15.0. The van der Waals surface area contributed by atoms with Crippen LogP contribution in [0.5, 0.6) is 0 Å². The van der Waals surface area contributed by atoms with Crippen LogP contribution >= 0.6 is 0 Å². The van der Waals surface area contributed by atoms with Crippen molar-refractivity contribution in [3.63, 3.8) is 0 Å². The standard InChI is InChI=1S/C15H23BN2O2/c1-14(2)15(3,4)20-16(19-14)12(10-17)8-11-6-5-7-13(18)9-11/h5-9H,10,17-18H2,1-4H3. The van der Waals surface area contributed by atoms with E-state index in [9.17, 15) is 0 Å². The lowest BCUT2D eigenvalue weighted by Gasteiger charge is -2.32. The average molecular weight is 274 g/mol. The molecule has 20 heavy (non-hydrogen) atoms. The molecule has 0 saturated carbocycles. The summed E-state index contributed by atoms with van der Waals surface area (Å²) < 4.78 is 12.0. The predicted molar refractivity (Wildman–Crippen MR) is 84.0 cm³/mol. The minimum Gasteiger partial charge on any atom is -0.400 e. The van der Waals surface area contributed by atoms with E-state index in [1.54, 1.807) is 0 Å². The second-order valence-electron chi connectivity index (χ2n) is 6.18. The maximum atomic E-state index is 6.02. The molecule has 0 unspecified atom stereocenters. The molecule has 0 amide bonds. The number of hydrogen-bond donors (Lipinski definition) is 2. The highest BCUT2D eigenvalue weighted by Crippen LogP contribution is 2.38. The normalized spacial score (nSPS) is 21.2. The highest BCUT2D eigenvalue weighted by atomic mass is 16.7. The largest absolute Gasteiger partial charge is 0.491 e. The van der Waals surface area contributed by atoms with Crippen molar-refractivity contribution >= 4 is 18.9 Å². The first kappa shape index (κ1) is 15.1. The minimum absolute atomic E-state index is 0.359. The van der Waals surface area contributed by atoms with Gasteiger partial charge in [-0.15, -0.1) is 0 Å². The Labute approximate surface area is 121 Å². The van der Waals surface area contributed by atoms with Gasteiger partial charge in [0, 0.05) is 12.2 Å². The van der Waals surface area contributed by atoms with Crippen LogP contribution in [0, 0.1) is 0 Å². The molecule has 1 heterocycles. The van der Waals surface area contributed by atoms with Crippen molar-refractivity contribution in [2.24, 2.45) is 5.73 Å². The van der Waals surface area contributed by atoms with E-state index in [1.807, 2.05) is 58.0 Å². The molecule has 4 N–H and O–H groups in total. The van der Waals surface area contributed by atoms with Crippen molar-refractivity contribution in [3.8, 4) is 0 Å². The van der Waals surface area contributed by atoms with Crippen LogP contribution in [-0.4, -0.2) is 24.9 Å². The van der Waals surface area contributed by atoms with E-state index >= 15 is 0 Å². The van der Waals surface area contributed by atoms with Crippen LogP contribution in [0.2, 0.25) is 0 Å². The van der Waals surface area contributed by atoms with E-state index in [4.69, 9.17) is 20.8 Å². The summed E-state index contributed by atoms with van der Waals surface area (Å²) in [4.78, 5) is 0. The summed E-state index contributed by atoms with van der Waals surface area (Å²) in [5, 5.41) is 0. The van der Waals surface area contributed by atoms with Gasteiger partial charge in [-0.2, -0.15) is 0 Å². The first-order chi connectivity index (χ1) is 9.25. The second kappa shape index (κ2) is 5.24. The van der Waals surface area contributed by atoms with Gasteiger partial charge in [0.2, 0.25) is 0 Å². The molecule has 1 aliphatic rings. The average Bonchev–Trinajstić information content (AvgIpc) is 2.55. The lowest BCUT2D eigenvalue weighted by molar-refractivity contribution is 0.00578. The van der Waals surface area contributed by atoms with Gasteiger partial charge in [0.1, 0.15) is 0 Å². The van der Waals surface area contributed by atoms with E-state index in [1.165, 1.54) is 0 Å². The summed E-state index contributed by atoms with van der Waals surface area (Å²) in [6.45, 7) is 8.50. The number of anilines is 1. The van der Waals surface area contributed by atoms with Crippen molar-refractivity contribution in [1.29, 1.82) is 0 Å². The zero-order valence-electron chi connectivity index (χ0n) is 12.6. The number of nitrogen functional groups attached to an aromatic ring is 1. The van der Waals surface area contributed by atoms with Gasteiger partial charge in [-0.3, -0.25) is 0 Å². The number of nitrogens with two attached hydrogens (primary N) is 2. The fourth-order valence-corrected chi connectivity index (χ4v) is 2.08. The Kier molecular flexibility index (Phi) is 3.96. The monoisotopic (exact) mass is 274 g/mol. The second-order valence-corrected chi connectivity index (χ2v) is 6.18. The molecular weight excluding hydrogens is 251 g/mol. The molecule has 1 saturated heterocycles.